The highest BCUT2D eigenvalue weighted by atomic mass is 16.3. The van der Waals surface area contributed by atoms with Gasteiger partial charge in [-0.15, -0.1) is 5.10 Å². The molecule has 2 aliphatic rings. The zero-order chi connectivity index (χ0) is 26.2. The van der Waals surface area contributed by atoms with Gasteiger partial charge in [0.05, 0.1) is 18.1 Å². The number of rotatable bonds is 8. The van der Waals surface area contributed by atoms with Crippen LogP contribution in [0.5, 0.6) is 0 Å². The summed E-state index contributed by atoms with van der Waals surface area (Å²) in [5.74, 6) is -0.0718. The molecule has 1 aliphatic carbocycles. The molecule has 0 spiro atoms. The largest absolute Gasteiger partial charge is 0.391 e. The fourth-order valence-electron chi connectivity index (χ4n) is 5.09. The SMILES string of the molecule is CC(C)(C)[C@@H](C(=O)N1CC(O)CC1C(=O)NCc1ccccc1Cn1ccnc1)n1cc(C2CC2)nn1. The average Bonchev–Trinajstić information content (AvgIpc) is 3.20. The molecule has 1 saturated heterocycles. The molecule has 5 rings (SSSR count). The molecular weight excluding hydrogens is 470 g/mol. The van der Waals surface area contributed by atoms with E-state index in [4.69, 9.17) is 0 Å². The van der Waals surface area contributed by atoms with Gasteiger partial charge < -0.3 is 19.9 Å². The van der Waals surface area contributed by atoms with E-state index >= 15 is 0 Å². The molecule has 1 saturated carbocycles. The summed E-state index contributed by atoms with van der Waals surface area (Å²) >= 11 is 0. The molecule has 2 unspecified atom stereocenters. The minimum atomic E-state index is -0.758. The molecule has 10 nitrogen and oxygen atoms in total. The number of aliphatic hydroxyl groups excluding tert-OH is 1. The lowest BCUT2D eigenvalue weighted by Gasteiger charge is -2.34. The number of hydrogen-bond donors (Lipinski definition) is 2. The lowest BCUT2D eigenvalue weighted by molar-refractivity contribution is -0.144. The van der Waals surface area contributed by atoms with Crippen LogP contribution in [0.3, 0.4) is 0 Å². The Morgan fingerprint density at radius 3 is 2.62 bits per heavy atom. The Labute approximate surface area is 216 Å². The van der Waals surface area contributed by atoms with E-state index < -0.39 is 23.6 Å². The molecule has 3 atom stereocenters. The average molecular weight is 506 g/mol. The van der Waals surface area contributed by atoms with Crippen LogP contribution >= 0.6 is 0 Å². The minimum Gasteiger partial charge on any atom is -0.391 e. The van der Waals surface area contributed by atoms with Crippen LogP contribution in [0.15, 0.2) is 49.2 Å². The van der Waals surface area contributed by atoms with Gasteiger partial charge in [-0.2, -0.15) is 0 Å². The molecule has 0 bridgehead atoms. The summed E-state index contributed by atoms with van der Waals surface area (Å²) < 4.78 is 3.61. The number of aromatic nitrogens is 5. The van der Waals surface area contributed by atoms with Gasteiger partial charge >= 0.3 is 0 Å². The van der Waals surface area contributed by atoms with E-state index in [1.165, 1.54) is 4.90 Å². The molecule has 10 heteroatoms. The Kier molecular flexibility index (Phi) is 6.85. The highest BCUT2D eigenvalue weighted by Crippen LogP contribution is 2.40. The number of amides is 2. The fraction of sp³-hybridized carbons (Fsp3) is 0.519. The van der Waals surface area contributed by atoms with Gasteiger partial charge in [-0.1, -0.05) is 50.3 Å². The quantitative estimate of drug-likeness (QED) is 0.485. The summed E-state index contributed by atoms with van der Waals surface area (Å²) in [6, 6.07) is 6.53. The van der Waals surface area contributed by atoms with Crippen LogP contribution in [0.25, 0.3) is 0 Å². The summed E-state index contributed by atoms with van der Waals surface area (Å²) in [4.78, 5) is 32.9. The van der Waals surface area contributed by atoms with E-state index in [2.05, 4.69) is 20.6 Å². The van der Waals surface area contributed by atoms with Crippen LogP contribution in [-0.2, 0) is 22.7 Å². The van der Waals surface area contributed by atoms with Gasteiger partial charge in [0.1, 0.15) is 12.1 Å². The van der Waals surface area contributed by atoms with Crippen molar-refractivity contribution >= 4 is 11.8 Å². The summed E-state index contributed by atoms with van der Waals surface area (Å²) in [5.41, 5.74) is 2.51. The number of imidazole rings is 1. The third-order valence-electron chi connectivity index (χ3n) is 7.19. The number of benzene rings is 1. The second kappa shape index (κ2) is 10.1. The van der Waals surface area contributed by atoms with Crippen LogP contribution in [-0.4, -0.2) is 65.1 Å². The number of nitrogens with zero attached hydrogens (tertiary/aromatic N) is 6. The van der Waals surface area contributed by atoms with Gasteiger partial charge in [0, 0.05) is 50.6 Å². The van der Waals surface area contributed by atoms with E-state index in [1.54, 1.807) is 17.2 Å². The molecule has 196 valence electrons. The number of hydrogen-bond acceptors (Lipinski definition) is 6. The van der Waals surface area contributed by atoms with Crippen molar-refractivity contribution in [3.63, 3.8) is 0 Å². The first-order valence-electron chi connectivity index (χ1n) is 12.9. The van der Waals surface area contributed by atoms with Crippen molar-refractivity contribution in [1.82, 2.24) is 34.8 Å². The first-order valence-corrected chi connectivity index (χ1v) is 12.9. The molecular formula is C27H35N7O3. The first-order chi connectivity index (χ1) is 17.7. The number of β-amino-alcohol motifs (C(OH)–C–C–N with tert-alkyl or cyclic N) is 1. The van der Waals surface area contributed by atoms with Gasteiger partial charge in [-0.05, 0) is 29.4 Å². The molecule has 2 aromatic heterocycles. The molecule has 0 radical (unpaired) electrons. The van der Waals surface area contributed by atoms with Crippen LogP contribution in [0, 0.1) is 5.41 Å². The monoisotopic (exact) mass is 505 g/mol. The van der Waals surface area contributed by atoms with Gasteiger partial charge in [0.25, 0.3) is 0 Å². The van der Waals surface area contributed by atoms with Crippen molar-refractivity contribution < 1.29 is 14.7 Å². The Bertz CT molecular complexity index is 1240. The molecule has 2 N–H and O–H groups in total. The van der Waals surface area contributed by atoms with E-state index in [-0.39, 0.29) is 24.8 Å². The summed E-state index contributed by atoms with van der Waals surface area (Å²) in [6.07, 6.45) is 8.89. The van der Waals surface area contributed by atoms with Gasteiger partial charge in [-0.3, -0.25) is 9.59 Å². The summed E-state index contributed by atoms with van der Waals surface area (Å²) in [7, 11) is 0. The molecule has 3 aromatic rings. The van der Waals surface area contributed by atoms with Crippen LogP contribution in [0.4, 0.5) is 0 Å². The van der Waals surface area contributed by atoms with Gasteiger partial charge in [0.2, 0.25) is 11.8 Å². The molecule has 37 heavy (non-hydrogen) atoms. The third-order valence-corrected chi connectivity index (χ3v) is 7.19. The zero-order valence-electron chi connectivity index (χ0n) is 21.6. The molecule has 3 heterocycles. The Morgan fingerprint density at radius 1 is 1.19 bits per heavy atom. The maximum atomic E-state index is 13.9. The number of likely N-dealkylation sites (tertiary alicyclic amines) is 1. The van der Waals surface area contributed by atoms with Crippen molar-refractivity contribution in [2.24, 2.45) is 5.41 Å². The van der Waals surface area contributed by atoms with Gasteiger partial charge in [-0.25, -0.2) is 9.67 Å². The second-order valence-corrected chi connectivity index (χ2v) is 11.3. The molecule has 2 fully saturated rings. The number of carbonyl (C=O) groups excluding carboxylic acids is 2. The van der Waals surface area contributed by atoms with Crippen LogP contribution in [0.2, 0.25) is 0 Å². The highest BCUT2D eigenvalue weighted by molar-refractivity contribution is 5.90. The van der Waals surface area contributed by atoms with Crippen molar-refractivity contribution in [3.8, 4) is 0 Å². The number of aliphatic hydroxyl groups is 1. The number of nitrogens with one attached hydrogen (secondary N) is 1. The van der Waals surface area contributed by atoms with Gasteiger partial charge in [0.15, 0.2) is 0 Å². The standard InChI is InChI=1S/C27H35N7O3/c1-27(2,3)24(34-16-22(30-31-34)18-8-9-18)26(37)33-15-21(35)12-23(33)25(36)29-13-19-6-4-5-7-20(19)14-32-11-10-28-17-32/h4-7,10-11,16-18,21,23-24,35H,8-9,12-15H2,1-3H3,(H,29,36)/t21?,23?,24-/m1/s1. The first kappa shape index (κ1) is 25.1. The van der Waals surface area contributed by atoms with E-state index in [9.17, 15) is 14.7 Å². The smallest absolute Gasteiger partial charge is 0.248 e. The molecule has 1 aliphatic heterocycles. The normalized spacial score (nSPS) is 20.7. The lowest BCUT2D eigenvalue weighted by atomic mass is 9.85. The molecule has 1 aromatic carbocycles. The Morgan fingerprint density at radius 2 is 1.95 bits per heavy atom. The van der Waals surface area contributed by atoms with Crippen LogP contribution < -0.4 is 5.32 Å². The predicted molar refractivity (Wildman–Crippen MR) is 136 cm³/mol. The lowest BCUT2D eigenvalue weighted by Crippen LogP contribution is -2.50. The maximum absolute atomic E-state index is 13.9. The van der Waals surface area contributed by atoms with Crippen molar-refractivity contribution in [3.05, 3.63) is 66.0 Å². The Hall–Kier alpha value is -3.53. The van der Waals surface area contributed by atoms with Crippen molar-refractivity contribution in [1.29, 1.82) is 0 Å². The molecule has 2 amide bonds. The third kappa shape index (κ3) is 5.58. The second-order valence-electron chi connectivity index (χ2n) is 11.3. The highest BCUT2D eigenvalue weighted by Gasteiger charge is 2.45. The summed E-state index contributed by atoms with van der Waals surface area (Å²) in [6.45, 7) is 7.03. The fourth-order valence-corrected chi connectivity index (χ4v) is 5.09. The topological polar surface area (TPSA) is 118 Å². The van der Waals surface area contributed by atoms with E-state index in [0.29, 0.717) is 19.0 Å². The van der Waals surface area contributed by atoms with E-state index in [0.717, 1.165) is 29.7 Å². The Balaban J connectivity index is 1.31. The van der Waals surface area contributed by atoms with E-state index in [1.807, 2.05) is 62.0 Å². The summed E-state index contributed by atoms with van der Waals surface area (Å²) in [5, 5.41) is 22.1. The minimum absolute atomic E-state index is 0.116. The van der Waals surface area contributed by atoms with Crippen molar-refractivity contribution in [2.75, 3.05) is 6.54 Å². The predicted octanol–water partition coefficient (Wildman–Crippen LogP) is 2.27. The number of carbonyl (C=O) groups is 2. The maximum Gasteiger partial charge on any atom is 0.248 e. The zero-order valence-corrected chi connectivity index (χ0v) is 21.6. The van der Waals surface area contributed by atoms with Crippen LogP contribution in [0.1, 0.15) is 68.8 Å². The van der Waals surface area contributed by atoms with Crippen molar-refractivity contribution in [2.45, 2.75) is 77.2 Å².